The highest BCUT2D eigenvalue weighted by Crippen LogP contribution is 2.19. The van der Waals surface area contributed by atoms with Crippen LogP contribution in [-0.2, 0) is 20.7 Å². The molecule has 0 bridgehead atoms. The predicted molar refractivity (Wildman–Crippen MR) is 87.2 cm³/mol. The molecule has 5 nitrogen and oxygen atoms in total. The maximum atomic E-state index is 13.5. The zero-order valence-electron chi connectivity index (χ0n) is 13.7. The molecule has 0 aromatic heterocycles. The molecule has 0 fully saturated rings. The quantitative estimate of drug-likeness (QED) is 0.814. The Hall–Kier alpha value is -2.96. The Bertz CT molecular complexity index is 779. The minimum Gasteiger partial charge on any atom is -0.496 e. The lowest BCUT2D eigenvalue weighted by Gasteiger charge is -2.14. The van der Waals surface area contributed by atoms with Crippen LogP contribution in [0.1, 0.15) is 12.5 Å². The van der Waals surface area contributed by atoms with Crippen molar-refractivity contribution in [3.8, 4) is 5.75 Å². The molecule has 0 saturated heterocycles. The number of esters is 1. The van der Waals surface area contributed by atoms with Crippen molar-refractivity contribution in [1.29, 1.82) is 0 Å². The number of hydrogen-bond acceptors (Lipinski definition) is 4. The van der Waals surface area contributed by atoms with Crippen molar-refractivity contribution in [2.75, 3.05) is 12.4 Å². The normalized spacial score (nSPS) is 11.5. The summed E-state index contributed by atoms with van der Waals surface area (Å²) in [6.45, 7) is 1.34. The average molecular weight is 349 g/mol. The van der Waals surface area contributed by atoms with Crippen LogP contribution in [0.15, 0.2) is 42.5 Å². The van der Waals surface area contributed by atoms with Crippen LogP contribution >= 0.6 is 0 Å². The Morgan fingerprint density at radius 2 is 1.88 bits per heavy atom. The van der Waals surface area contributed by atoms with Gasteiger partial charge in [0.15, 0.2) is 6.10 Å². The highest BCUT2D eigenvalue weighted by Gasteiger charge is 2.20. The molecule has 1 atom stereocenters. The van der Waals surface area contributed by atoms with Crippen LogP contribution in [0.3, 0.4) is 0 Å². The van der Waals surface area contributed by atoms with Gasteiger partial charge in [-0.3, -0.25) is 9.59 Å². The molecule has 25 heavy (non-hydrogen) atoms. The summed E-state index contributed by atoms with van der Waals surface area (Å²) in [5.41, 5.74) is 0.288. The fraction of sp³-hybridized carbons (Fsp3) is 0.222. The van der Waals surface area contributed by atoms with E-state index in [-0.39, 0.29) is 12.1 Å². The molecule has 7 heteroatoms. The summed E-state index contributed by atoms with van der Waals surface area (Å²) in [5, 5.41) is 2.19. The van der Waals surface area contributed by atoms with Gasteiger partial charge in [0, 0.05) is 11.6 Å². The van der Waals surface area contributed by atoms with Crippen LogP contribution in [0.25, 0.3) is 0 Å². The molecule has 0 aliphatic carbocycles. The second-order valence-corrected chi connectivity index (χ2v) is 5.23. The van der Waals surface area contributed by atoms with Crippen molar-refractivity contribution in [2.45, 2.75) is 19.4 Å². The average Bonchev–Trinajstić information content (AvgIpc) is 2.58. The van der Waals surface area contributed by atoms with Crippen molar-refractivity contribution in [2.24, 2.45) is 0 Å². The molecule has 0 heterocycles. The molecule has 0 aliphatic heterocycles. The molecule has 1 N–H and O–H groups in total. The summed E-state index contributed by atoms with van der Waals surface area (Å²) >= 11 is 0. The van der Waals surface area contributed by atoms with Crippen molar-refractivity contribution >= 4 is 17.6 Å². The zero-order chi connectivity index (χ0) is 18.4. The molecule has 0 unspecified atom stereocenters. The van der Waals surface area contributed by atoms with Crippen LogP contribution in [0.4, 0.5) is 14.5 Å². The van der Waals surface area contributed by atoms with Gasteiger partial charge in [-0.1, -0.05) is 18.2 Å². The fourth-order valence-corrected chi connectivity index (χ4v) is 2.12. The van der Waals surface area contributed by atoms with E-state index in [1.165, 1.54) is 14.0 Å². The highest BCUT2D eigenvalue weighted by atomic mass is 19.1. The number of methoxy groups -OCH3 is 1. The molecule has 0 aliphatic rings. The van der Waals surface area contributed by atoms with Gasteiger partial charge in [-0.05, 0) is 25.1 Å². The van der Waals surface area contributed by atoms with Gasteiger partial charge in [0.25, 0.3) is 5.91 Å². The highest BCUT2D eigenvalue weighted by molar-refractivity contribution is 5.95. The van der Waals surface area contributed by atoms with E-state index < -0.39 is 29.6 Å². The summed E-state index contributed by atoms with van der Waals surface area (Å²) in [4.78, 5) is 24.0. The third-order valence-electron chi connectivity index (χ3n) is 3.39. The molecule has 0 saturated carbocycles. The van der Waals surface area contributed by atoms with E-state index in [1.54, 1.807) is 24.3 Å². The summed E-state index contributed by atoms with van der Waals surface area (Å²) < 4.78 is 36.8. The molecule has 2 aromatic rings. The molecule has 2 aromatic carbocycles. The van der Waals surface area contributed by atoms with Gasteiger partial charge in [0.2, 0.25) is 0 Å². The van der Waals surface area contributed by atoms with Crippen LogP contribution in [0, 0.1) is 11.6 Å². The lowest BCUT2D eigenvalue weighted by atomic mass is 10.1. The number of para-hydroxylation sites is 1. The summed E-state index contributed by atoms with van der Waals surface area (Å²) in [6.07, 6.45) is -1.26. The van der Waals surface area contributed by atoms with E-state index in [4.69, 9.17) is 9.47 Å². The number of halogens is 2. The van der Waals surface area contributed by atoms with Crippen LogP contribution in [-0.4, -0.2) is 25.1 Å². The van der Waals surface area contributed by atoms with E-state index in [0.29, 0.717) is 11.3 Å². The van der Waals surface area contributed by atoms with Crippen molar-refractivity contribution < 1.29 is 27.8 Å². The summed E-state index contributed by atoms with van der Waals surface area (Å²) in [7, 11) is 1.48. The van der Waals surface area contributed by atoms with Crippen molar-refractivity contribution in [3.05, 3.63) is 59.7 Å². The van der Waals surface area contributed by atoms with Gasteiger partial charge in [-0.2, -0.15) is 0 Å². The minimum atomic E-state index is -1.18. The van der Waals surface area contributed by atoms with Gasteiger partial charge in [-0.25, -0.2) is 8.78 Å². The lowest BCUT2D eigenvalue weighted by molar-refractivity contribution is -0.152. The largest absolute Gasteiger partial charge is 0.496 e. The molecular formula is C18H17F2NO4. The number of rotatable bonds is 6. The second-order valence-electron chi connectivity index (χ2n) is 5.23. The van der Waals surface area contributed by atoms with Crippen molar-refractivity contribution in [3.63, 3.8) is 0 Å². The van der Waals surface area contributed by atoms with E-state index in [0.717, 1.165) is 18.2 Å². The monoisotopic (exact) mass is 349 g/mol. The predicted octanol–water partition coefficient (Wildman–Crippen LogP) is 3.09. The first kappa shape index (κ1) is 18.4. The second kappa shape index (κ2) is 8.23. The molecular weight excluding hydrogens is 332 g/mol. The van der Waals surface area contributed by atoms with E-state index in [1.807, 2.05) is 0 Å². The van der Waals surface area contributed by atoms with Gasteiger partial charge in [0.05, 0.1) is 19.2 Å². The number of anilines is 1. The van der Waals surface area contributed by atoms with Crippen LogP contribution in [0.2, 0.25) is 0 Å². The number of amides is 1. The number of hydrogen-bond donors (Lipinski definition) is 1. The Labute approximate surface area is 143 Å². The zero-order valence-corrected chi connectivity index (χ0v) is 13.7. The number of carbonyl (C=O) groups is 2. The topological polar surface area (TPSA) is 64.6 Å². The Morgan fingerprint density at radius 1 is 1.16 bits per heavy atom. The number of nitrogens with one attached hydrogen (secondary N) is 1. The van der Waals surface area contributed by atoms with E-state index in [2.05, 4.69) is 5.32 Å². The van der Waals surface area contributed by atoms with Gasteiger partial charge in [0.1, 0.15) is 17.4 Å². The number of ether oxygens (including phenoxy) is 2. The first-order chi connectivity index (χ1) is 11.9. The van der Waals surface area contributed by atoms with Crippen LogP contribution < -0.4 is 10.1 Å². The standard InChI is InChI=1S/C18H17F2NO4/c1-11(18(23)21-15-10-13(19)7-8-14(15)20)25-17(22)9-12-5-3-4-6-16(12)24-2/h3-8,10-11H,9H2,1-2H3,(H,21,23)/t11-/m0/s1. The fourth-order valence-electron chi connectivity index (χ4n) is 2.12. The minimum absolute atomic E-state index is 0.0873. The molecule has 2 rings (SSSR count). The molecule has 0 radical (unpaired) electrons. The van der Waals surface area contributed by atoms with Gasteiger partial charge in [-0.15, -0.1) is 0 Å². The first-order valence-electron chi connectivity index (χ1n) is 7.48. The number of carbonyl (C=O) groups excluding carboxylic acids is 2. The lowest BCUT2D eigenvalue weighted by Crippen LogP contribution is -2.30. The van der Waals surface area contributed by atoms with Gasteiger partial charge < -0.3 is 14.8 Å². The summed E-state index contributed by atoms with van der Waals surface area (Å²) in [5.74, 6) is -2.37. The smallest absolute Gasteiger partial charge is 0.311 e. The molecule has 1 amide bonds. The van der Waals surface area contributed by atoms with E-state index >= 15 is 0 Å². The van der Waals surface area contributed by atoms with Crippen LogP contribution in [0.5, 0.6) is 5.75 Å². The Morgan fingerprint density at radius 3 is 2.60 bits per heavy atom. The van der Waals surface area contributed by atoms with Gasteiger partial charge >= 0.3 is 5.97 Å². The first-order valence-corrected chi connectivity index (χ1v) is 7.48. The third kappa shape index (κ3) is 5.00. The molecule has 0 spiro atoms. The maximum absolute atomic E-state index is 13.5. The molecule has 132 valence electrons. The maximum Gasteiger partial charge on any atom is 0.311 e. The third-order valence-corrected chi connectivity index (χ3v) is 3.39. The number of benzene rings is 2. The SMILES string of the molecule is COc1ccccc1CC(=O)O[C@@H](C)C(=O)Nc1cc(F)ccc1F. The Kier molecular flexibility index (Phi) is 6.05. The Balaban J connectivity index is 1.96. The van der Waals surface area contributed by atoms with E-state index in [9.17, 15) is 18.4 Å². The summed E-state index contributed by atoms with van der Waals surface area (Å²) in [6, 6.07) is 9.57. The van der Waals surface area contributed by atoms with Crippen molar-refractivity contribution in [1.82, 2.24) is 0 Å².